The number of hydrogen-bond acceptors (Lipinski definition) is 4. The van der Waals surface area contributed by atoms with Crippen molar-refractivity contribution in [2.24, 2.45) is 58.2 Å². The summed E-state index contributed by atoms with van der Waals surface area (Å²) in [4.78, 5) is 39.1. The standard InChI is InChI=1S/C30H46O4/c1-17(2)18(3)8-9-19(4)23-10-11-24-27-25(32)15-21-14-22(34-20(5)31)12-13-29(21,6)28(27)26(33)16-30(23,24)7/h8-9,17-19,21-24,27-28H,10-16H2,1-7H3/b9-8+/t18-,19+,21+,22+,23-,24+,27+,28+,29-,30-/m0/s1. The number of esters is 1. The number of ether oxygens (including phenoxy) is 1. The molecule has 0 radical (unpaired) electrons. The zero-order valence-corrected chi connectivity index (χ0v) is 22.4. The Morgan fingerprint density at radius 1 is 1.00 bits per heavy atom. The van der Waals surface area contributed by atoms with Crippen LogP contribution in [0.15, 0.2) is 12.2 Å². The van der Waals surface area contributed by atoms with E-state index in [0.717, 1.165) is 32.1 Å². The number of ketones is 2. The molecule has 0 heterocycles. The lowest BCUT2D eigenvalue weighted by Gasteiger charge is -2.59. The summed E-state index contributed by atoms with van der Waals surface area (Å²) in [5, 5.41) is 0. The van der Waals surface area contributed by atoms with E-state index < -0.39 is 0 Å². The molecule has 4 nitrogen and oxygen atoms in total. The minimum atomic E-state index is -0.249. The summed E-state index contributed by atoms with van der Waals surface area (Å²) in [7, 11) is 0. The number of carbonyl (C=O) groups is 3. The van der Waals surface area contributed by atoms with Crippen LogP contribution < -0.4 is 0 Å². The van der Waals surface area contributed by atoms with Crippen LogP contribution in [0.2, 0.25) is 0 Å². The number of Topliss-reactive ketones (excluding diaryl/α,β-unsaturated/α-hetero) is 2. The molecule has 0 bridgehead atoms. The number of carbonyl (C=O) groups excluding carboxylic acids is 3. The summed E-state index contributed by atoms with van der Waals surface area (Å²) in [6.45, 7) is 15.1. The first-order valence-corrected chi connectivity index (χ1v) is 13.8. The Morgan fingerprint density at radius 3 is 2.35 bits per heavy atom. The zero-order valence-electron chi connectivity index (χ0n) is 22.4. The Labute approximate surface area is 206 Å². The van der Waals surface area contributed by atoms with Crippen molar-refractivity contribution >= 4 is 17.5 Å². The first kappa shape index (κ1) is 25.6. The molecule has 4 aliphatic carbocycles. The molecule has 0 aliphatic heterocycles. The second-order valence-electron chi connectivity index (χ2n) is 13.2. The van der Waals surface area contributed by atoms with Crippen LogP contribution in [0.5, 0.6) is 0 Å². The van der Waals surface area contributed by atoms with Gasteiger partial charge in [0.05, 0.1) is 0 Å². The third-order valence-corrected chi connectivity index (χ3v) is 10.9. The lowest BCUT2D eigenvalue weighted by Crippen LogP contribution is -2.61. The highest BCUT2D eigenvalue weighted by Crippen LogP contribution is 2.66. The number of allylic oxidation sites excluding steroid dienone is 2. The molecule has 0 spiro atoms. The van der Waals surface area contributed by atoms with E-state index in [1.165, 1.54) is 6.92 Å². The van der Waals surface area contributed by atoms with Gasteiger partial charge in [0.2, 0.25) is 0 Å². The number of fused-ring (bicyclic) bond motifs is 5. The Hall–Kier alpha value is -1.45. The lowest BCUT2D eigenvalue weighted by atomic mass is 9.43. The summed E-state index contributed by atoms with van der Waals surface area (Å²) < 4.78 is 5.52. The average Bonchev–Trinajstić information content (AvgIpc) is 3.08. The fourth-order valence-electron chi connectivity index (χ4n) is 8.65. The molecule has 4 saturated carbocycles. The second-order valence-corrected chi connectivity index (χ2v) is 13.2. The summed E-state index contributed by atoms with van der Waals surface area (Å²) in [6, 6.07) is 0. The Bertz CT molecular complexity index is 858. The molecule has 190 valence electrons. The lowest BCUT2D eigenvalue weighted by molar-refractivity contribution is -0.175. The minimum absolute atomic E-state index is 0.0864. The molecule has 0 amide bonds. The monoisotopic (exact) mass is 470 g/mol. The van der Waals surface area contributed by atoms with Gasteiger partial charge >= 0.3 is 5.97 Å². The van der Waals surface area contributed by atoms with Crippen molar-refractivity contribution in [2.75, 3.05) is 0 Å². The average molecular weight is 471 g/mol. The van der Waals surface area contributed by atoms with Crippen molar-refractivity contribution in [1.82, 2.24) is 0 Å². The van der Waals surface area contributed by atoms with Crippen LogP contribution >= 0.6 is 0 Å². The van der Waals surface area contributed by atoms with Crippen molar-refractivity contribution in [3.8, 4) is 0 Å². The van der Waals surface area contributed by atoms with Crippen LogP contribution in [0, 0.1) is 58.2 Å². The molecular weight excluding hydrogens is 424 g/mol. The molecule has 34 heavy (non-hydrogen) atoms. The van der Waals surface area contributed by atoms with E-state index in [4.69, 9.17) is 4.74 Å². The van der Waals surface area contributed by atoms with Gasteiger partial charge in [-0.15, -0.1) is 0 Å². The Morgan fingerprint density at radius 2 is 1.71 bits per heavy atom. The van der Waals surface area contributed by atoms with Crippen LogP contribution in [0.3, 0.4) is 0 Å². The Balaban J connectivity index is 1.57. The van der Waals surface area contributed by atoms with Gasteiger partial charge < -0.3 is 4.74 Å². The van der Waals surface area contributed by atoms with Gasteiger partial charge in [0.25, 0.3) is 0 Å². The van der Waals surface area contributed by atoms with E-state index in [2.05, 4.69) is 53.7 Å². The van der Waals surface area contributed by atoms with Crippen molar-refractivity contribution in [1.29, 1.82) is 0 Å². The van der Waals surface area contributed by atoms with Gasteiger partial charge in [-0.3, -0.25) is 14.4 Å². The van der Waals surface area contributed by atoms with Crippen molar-refractivity contribution < 1.29 is 19.1 Å². The van der Waals surface area contributed by atoms with Gasteiger partial charge in [-0.1, -0.05) is 53.7 Å². The summed E-state index contributed by atoms with van der Waals surface area (Å²) >= 11 is 0. The molecular formula is C30H46O4. The maximum atomic E-state index is 13.9. The smallest absolute Gasteiger partial charge is 0.302 e. The maximum absolute atomic E-state index is 13.9. The fourth-order valence-corrected chi connectivity index (χ4v) is 8.65. The van der Waals surface area contributed by atoms with Crippen LogP contribution in [0.25, 0.3) is 0 Å². The van der Waals surface area contributed by atoms with Crippen LogP contribution in [0.1, 0.15) is 93.4 Å². The molecule has 4 aliphatic rings. The van der Waals surface area contributed by atoms with Gasteiger partial charge in [-0.2, -0.15) is 0 Å². The molecule has 0 N–H and O–H groups in total. The summed E-state index contributed by atoms with van der Waals surface area (Å²) in [6.07, 6.45) is 10.4. The SMILES string of the molecule is CC(=O)O[C@@H]1CC[C@@]2(C)[C@@H](CC(=O)[C@H]3[C@H]4CC[C@@H]([C@H](C)/C=C/[C@H](C)C(C)C)[C@]4(C)CC(=O)[C@H]32)C1. The highest BCUT2D eigenvalue weighted by Gasteiger charge is 2.66. The first-order chi connectivity index (χ1) is 15.9. The normalized spacial score (nSPS) is 43.9. The van der Waals surface area contributed by atoms with Gasteiger partial charge in [0.1, 0.15) is 17.7 Å². The van der Waals surface area contributed by atoms with Gasteiger partial charge in [0, 0.05) is 31.6 Å². The molecule has 4 heteroatoms. The van der Waals surface area contributed by atoms with Crippen molar-refractivity contribution in [3.63, 3.8) is 0 Å². The summed E-state index contributed by atoms with van der Waals surface area (Å²) in [5.74, 6) is 2.61. The molecule has 0 saturated heterocycles. The van der Waals surface area contributed by atoms with Crippen molar-refractivity contribution in [2.45, 2.75) is 99.5 Å². The molecule has 10 atom stereocenters. The molecule has 4 fully saturated rings. The predicted molar refractivity (Wildman–Crippen MR) is 134 cm³/mol. The Kier molecular flexibility index (Phi) is 6.94. The second kappa shape index (κ2) is 9.21. The minimum Gasteiger partial charge on any atom is -0.463 e. The van der Waals surface area contributed by atoms with E-state index in [-0.39, 0.29) is 40.7 Å². The number of rotatable bonds is 5. The van der Waals surface area contributed by atoms with Crippen LogP contribution in [-0.4, -0.2) is 23.6 Å². The highest BCUT2D eigenvalue weighted by atomic mass is 16.5. The molecule has 0 aromatic rings. The quantitative estimate of drug-likeness (QED) is 0.344. The van der Waals surface area contributed by atoms with Crippen LogP contribution in [0.4, 0.5) is 0 Å². The first-order valence-electron chi connectivity index (χ1n) is 13.8. The largest absolute Gasteiger partial charge is 0.463 e. The van der Waals surface area contributed by atoms with E-state index >= 15 is 0 Å². The van der Waals surface area contributed by atoms with E-state index in [0.29, 0.717) is 54.0 Å². The highest BCUT2D eigenvalue weighted by molar-refractivity contribution is 5.94. The zero-order chi connectivity index (χ0) is 25.0. The van der Waals surface area contributed by atoms with Crippen LogP contribution in [-0.2, 0) is 19.1 Å². The summed E-state index contributed by atoms with van der Waals surface area (Å²) in [5.41, 5.74) is -0.235. The van der Waals surface area contributed by atoms with E-state index in [9.17, 15) is 14.4 Å². The third-order valence-electron chi connectivity index (χ3n) is 10.9. The van der Waals surface area contributed by atoms with Gasteiger partial charge in [-0.25, -0.2) is 0 Å². The molecule has 4 rings (SSSR count). The maximum Gasteiger partial charge on any atom is 0.302 e. The topological polar surface area (TPSA) is 60.4 Å². The predicted octanol–water partition coefficient (Wildman–Crippen LogP) is 6.42. The number of hydrogen-bond donors (Lipinski definition) is 0. The fraction of sp³-hybridized carbons (Fsp3) is 0.833. The van der Waals surface area contributed by atoms with Gasteiger partial charge in [0.15, 0.2) is 0 Å². The molecule has 0 aromatic carbocycles. The van der Waals surface area contributed by atoms with E-state index in [1.54, 1.807) is 0 Å². The van der Waals surface area contributed by atoms with Crippen molar-refractivity contribution in [3.05, 3.63) is 12.2 Å². The molecule has 0 aromatic heterocycles. The van der Waals surface area contributed by atoms with Gasteiger partial charge in [-0.05, 0) is 78.4 Å². The molecule has 0 unspecified atom stereocenters. The van der Waals surface area contributed by atoms with E-state index in [1.807, 2.05) is 0 Å². The third kappa shape index (κ3) is 4.22.